The first-order valence-electron chi connectivity index (χ1n) is 9.09. The van der Waals surface area contributed by atoms with Crippen molar-refractivity contribution in [2.45, 2.75) is 38.5 Å². The van der Waals surface area contributed by atoms with Crippen molar-refractivity contribution in [2.24, 2.45) is 0 Å². The summed E-state index contributed by atoms with van der Waals surface area (Å²) in [6, 6.07) is 12.2. The molecule has 0 aliphatic carbocycles. The van der Waals surface area contributed by atoms with Crippen molar-refractivity contribution in [3.05, 3.63) is 59.4 Å². The Hall–Kier alpha value is -2.34. The molecule has 0 aromatic heterocycles. The number of hydrogen-bond acceptors (Lipinski definition) is 3. The molecule has 1 heterocycles. The topological polar surface area (TPSA) is 49.4 Å². The number of nitrogens with zero attached hydrogens (tertiary/aromatic N) is 1. The third-order valence-corrected chi connectivity index (χ3v) is 5.65. The lowest BCUT2D eigenvalue weighted by atomic mass is 10.1. The van der Waals surface area contributed by atoms with E-state index in [2.05, 4.69) is 5.32 Å². The largest absolute Gasteiger partial charge is 0.326 e. The molecule has 0 saturated carbocycles. The van der Waals surface area contributed by atoms with Crippen molar-refractivity contribution in [1.29, 1.82) is 0 Å². The molecule has 0 bridgehead atoms. The lowest BCUT2D eigenvalue weighted by molar-refractivity contribution is -0.117. The lowest BCUT2D eigenvalue weighted by Crippen LogP contribution is -2.28. The average molecular weight is 386 g/mol. The molecule has 4 nitrogen and oxygen atoms in total. The summed E-state index contributed by atoms with van der Waals surface area (Å²) in [6.45, 7) is 3.92. The molecule has 2 aromatic carbocycles. The Bertz CT molecular complexity index is 856. The number of nitrogens with one attached hydrogen (secondary N) is 1. The molecule has 2 amide bonds. The summed E-state index contributed by atoms with van der Waals surface area (Å²) in [5, 5.41) is 2.58. The van der Waals surface area contributed by atoms with Gasteiger partial charge in [-0.25, -0.2) is 4.39 Å². The van der Waals surface area contributed by atoms with Gasteiger partial charge in [-0.15, -0.1) is 11.8 Å². The van der Waals surface area contributed by atoms with Crippen LogP contribution in [0, 0.1) is 12.7 Å². The fourth-order valence-corrected chi connectivity index (χ4v) is 4.23. The third-order valence-electron chi connectivity index (χ3n) is 4.44. The Morgan fingerprint density at radius 2 is 2.11 bits per heavy atom. The Morgan fingerprint density at radius 3 is 2.89 bits per heavy atom. The predicted molar refractivity (Wildman–Crippen MR) is 108 cm³/mol. The molecule has 1 fully saturated rings. The van der Waals surface area contributed by atoms with Gasteiger partial charge in [-0.3, -0.25) is 14.5 Å². The van der Waals surface area contributed by atoms with Gasteiger partial charge in [0, 0.05) is 12.1 Å². The summed E-state index contributed by atoms with van der Waals surface area (Å²) in [5.74, 6) is -0.256. The number of anilines is 2. The monoisotopic (exact) mass is 386 g/mol. The molecule has 0 unspecified atom stereocenters. The number of amides is 2. The molecular weight excluding hydrogens is 363 g/mol. The van der Waals surface area contributed by atoms with Crippen LogP contribution in [0.15, 0.2) is 42.5 Å². The Morgan fingerprint density at radius 1 is 1.30 bits per heavy atom. The van der Waals surface area contributed by atoms with Crippen molar-refractivity contribution < 1.29 is 14.0 Å². The van der Waals surface area contributed by atoms with Gasteiger partial charge in [-0.1, -0.05) is 31.5 Å². The van der Waals surface area contributed by atoms with E-state index < -0.39 is 5.82 Å². The van der Waals surface area contributed by atoms with E-state index in [1.54, 1.807) is 12.1 Å². The van der Waals surface area contributed by atoms with E-state index >= 15 is 0 Å². The predicted octanol–water partition coefficient (Wildman–Crippen LogP) is 5.04. The molecule has 3 rings (SSSR count). The number of thioether (sulfide) groups is 1. The number of hydrogen-bond donors (Lipinski definition) is 1. The van der Waals surface area contributed by atoms with Crippen LogP contribution in [0.5, 0.6) is 0 Å². The minimum absolute atomic E-state index is 0.0225. The maximum atomic E-state index is 14.4. The van der Waals surface area contributed by atoms with E-state index in [0.29, 0.717) is 23.5 Å². The van der Waals surface area contributed by atoms with Crippen molar-refractivity contribution in [3.8, 4) is 0 Å². The van der Waals surface area contributed by atoms with Crippen molar-refractivity contribution in [1.82, 2.24) is 0 Å². The molecule has 142 valence electrons. The molecule has 1 N–H and O–H groups in total. The number of unbranched alkanes of at least 4 members (excludes halogenated alkanes) is 1. The molecule has 0 radical (unpaired) electrons. The van der Waals surface area contributed by atoms with E-state index in [0.717, 1.165) is 24.0 Å². The zero-order valence-electron chi connectivity index (χ0n) is 15.5. The van der Waals surface area contributed by atoms with Gasteiger partial charge in [0.1, 0.15) is 11.2 Å². The second-order valence-corrected chi connectivity index (χ2v) is 7.73. The first kappa shape index (κ1) is 19.4. The van der Waals surface area contributed by atoms with Gasteiger partial charge in [-0.2, -0.15) is 0 Å². The van der Waals surface area contributed by atoms with Crippen molar-refractivity contribution in [3.63, 3.8) is 0 Å². The Balaban J connectivity index is 1.86. The highest BCUT2D eigenvalue weighted by Gasteiger charge is 2.35. The highest BCUT2D eigenvalue weighted by molar-refractivity contribution is 8.00. The summed E-state index contributed by atoms with van der Waals surface area (Å²) < 4.78 is 14.4. The quantitative estimate of drug-likeness (QED) is 0.756. The van der Waals surface area contributed by atoms with Crippen LogP contribution in [0.1, 0.15) is 42.7 Å². The molecule has 1 aliphatic heterocycles. The molecule has 1 atom stereocenters. The zero-order valence-corrected chi connectivity index (χ0v) is 16.3. The van der Waals surface area contributed by atoms with E-state index in [1.807, 2.05) is 38.1 Å². The first-order valence-corrected chi connectivity index (χ1v) is 10.1. The van der Waals surface area contributed by atoms with E-state index in [1.165, 1.54) is 22.7 Å². The van der Waals surface area contributed by atoms with Crippen LogP contribution in [-0.2, 0) is 9.59 Å². The van der Waals surface area contributed by atoms with Gasteiger partial charge < -0.3 is 5.32 Å². The number of halogens is 1. The van der Waals surface area contributed by atoms with Gasteiger partial charge in [0.15, 0.2) is 0 Å². The number of aryl methyl sites for hydroxylation is 1. The summed E-state index contributed by atoms with van der Waals surface area (Å²) in [4.78, 5) is 26.0. The van der Waals surface area contributed by atoms with Crippen LogP contribution < -0.4 is 10.2 Å². The zero-order chi connectivity index (χ0) is 19.4. The molecule has 6 heteroatoms. The van der Waals surface area contributed by atoms with E-state index in [-0.39, 0.29) is 17.2 Å². The lowest BCUT2D eigenvalue weighted by Gasteiger charge is -2.25. The summed E-state index contributed by atoms with van der Waals surface area (Å²) in [6.07, 6.45) is 2.29. The van der Waals surface area contributed by atoms with Crippen LogP contribution in [0.3, 0.4) is 0 Å². The van der Waals surface area contributed by atoms with Crippen LogP contribution in [0.25, 0.3) is 0 Å². The first-order chi connectivity index (χ1) is 13.0. The Kier molecular flexibility index (Phi) is 6.16. The summed E-state index contributed by atoms with van der Waals surface area (Å²) in [5.41, 5.74) is 2.75. The second kappa shape index (κ2) is 8.57. The van der Waals surface area contributed by atoms with E-state index in [4.69, 9.17) is 0 Å². The molecular formula is C21H23FN2O2S. The number of carbonyl (C=O) groups excluding carboxylic acids is 2. The maximum Gasteiger partial charge on any atom is 0.238 e. The standard InChI is InChI=1S/C21H23FN2O2S/c1-3-4-8-19(25)23-16-7-5-6-15(12-16)21-24(20(26)13-27-21)18-11-14(2)9-10-17(18)22/h5-7,9-12,21H,3-4,8,13H2,1-2H3,(H,23,25)/t21-/m0/s1. The normalized spacial score (nSPS) is 16.6. The Labute approximate surface area is 163 Å². The molecule has 1 saturated heterocycles. The summed E-state index contributed by atoms with van der Waals surface area (Å²) >= 11 is 1.46. The van der Waals surface area contributed by atoms with Gasteiger partial charge in [0.2, 0.25) is 11.8 Å². The molecule has 2 aromatic rings. The van der Waals surface area contributed by atoms with Crippen LogP contribution >= 0.6 is 11.8 Å². The summed E-state index contributed by atoms with van der Waals surface area (Å²) in [7, 11) is 0. The van der Waals surface area contributed by atoms with Gasteiger partial charge in [0.05, 0.1) is 11.4 Å². The molecule has 27 heavy (non-hydrogen) atoms. The number of rotatable bonds is 6. The second-order valence-electron chi connectivity index (χ2n) is 6.66. The number of benzene rings is 2. The van der Waals surface area contributed by atoms with Gasteiger partial charge >= 0.3 is 0 Å². The minimum Gasteiger partial charge on any atom is -0.326 e. The third kappa shape index (κ3) is 4.50. The molecule has 1 aliphatic rings. The van der Waals surface area contributed by atoms with Crippen molar-refractivity contribution in [2.75, 3.05) is 16.0 Å². The highest BCUT2D eigenvalue weighted by atomic mass is 32.2. The van der Waals surface area contributed by atoms with Gasteiger partial charge in [-0.05, 0) is 48.7 Å². The fraction of sp³-hybridized carbons (Fsp3) is 0.333. The fourth-order valence-electron chi connectivity index (χ4n) is 3.07. The smallest absolute Gasteiger partial charge is 0.238 e. The van der Waals surface area contributed by atoms with Gasteiger partial charge in [0.25, 0.3) is 0 Å². The van der Waals surface area contributed by atoms with E-state index in [9.17, 15) is 14.0 Å². The van der Waals surface area contributed by atoms with Crippen LogP contribution in [0.2, 0.25) is 0 Å². The number of carbonyl (C=O) groups is 2. The SMILES string of the molecule is CCCCC(=O)Nc1cccc([C@@H]2SCC(=O)N2c2cc(C)ccc2F)c1. The average Bonchev–Trinajstić information content (AvgIpc) is 3.03. The molecule has 0 spiro atoms. The van der Waals surface area contributed by atoms with Crippen LogP contribution in [0.4, 0.5) is 15.8 Å². The van der Waals surface area contributed by atoms with Crippen molar-refractivity contribution >= 4 is 35.0 Å². The maximum absolute atomic E-state index is 14.4. The van der Waals surface area contributed by atoms with Crippen LogP contribution in [-0.4, -0.2) is 17.6 Å². The minimum atomic E-state index is -0.412. The highest BCUT2D eigenvalue weighted by Crippen LogP contribution is 2.43.